The van der Waals surface area contributed by atoms with Crippen molar-refractivity contribution in [3.8, 4) is 0 Å². The summed E-state index contributed by atoms with van der Waals surface area (Å²) in [6.07, 6.45) is -4.25. The third-order valence-electron chi connectivity index (χ3n) is 2.87. The van der Waals surface area contributed by atoms with E-state index in [0.717, 1.165) is 37.8 Å². The van der Waals surface area contributed by atoms with Gasteiger partial charge in [0.1, 0.15) is 0 Å². The molecule has 0 spiro atoms. The molecule has 1 aliphatic rings. The minimum atomic E-state index is -4.25. The Kier molecular flexibility index (Phi) is 3.69. The summed E-state index contributed by atoms with van der Waals surface area (Å²) in [5.74, 6) is 0. The van der Waals surface area contributed by atoms with Crippen molar-refractivity contribution < 1.29 is 13.2 Å². The molecule has 0 bridgehead atoms. The summed E-state index contributed by atoms with van der Waals surface area (Å²) in [5, 5.41) is 3.21. The lowest BCUT2D eigenvalue weighted by Crippen LogP contribution is -2.42. The Morgan fingerprint density at radius 3 is 2.53 bits per heavy atom. The first-order chi connectivity index (χ1) is 8.05. The SMILES string of the molecule is FC(F)(F)c1cccc(CN2CCNCC2)c1. The summed E-state index contributed by atoms with van der Waals surface area (Å²) in [7, 11) is 0. The molecule has 1 saturated heterocycles. The van der Waals surface area contributed by atoms with Crippen LogP contribution in [-0.4, -0.2) is 31.1 Å². The van der Waals surface area contributed by atoms with Gasteiger partial charge in [0.2, 0.25) is 0 Å². The molecule has 1 aromatic rings. The van der Waals surface area contributed by atoms with Crippen LogP contribution in [0.3, 0.4) is 0 Å². The number of nitrogens with one attached hydrogen (secondary N) is 1. The molecule has 1 aromatic carbocycles. The van der Waals surface area contributed by atoms with Crippen molar-refractivity contribution in [2.75, 3.05) is 26.2 Å². The first-order valence-electron chi connectivity index (χ1n) is 5.65. The molecule has 2 rings (SSSR count). The standard InChI is InChI=1S/C12H15F3N2/c13-12(14,15)11-3-1-2-10(8-11)9-17-6-4-16-5-7-17/h1-3,8,16H,4-7,9H2. The molecule has 0 aliphatic carbocycles. The van der Waals surface area contributed by atoms with E-state index >= 15 is 0 Å². The van der Waals surface area contributed by atoms with Gasteiger partial charge in [-0.3, -0.25) is 4.90 Å². The van der Waals surface area contributed by atoms with Gasteiger partial charge >= 0.3 is 6.18 Å². The Morgan fingerprint density at radius 1 is 1.18 bits per heavy atom. The highest BCUT2D eigenvalue weighted by atomic mass is 19.4. The molecule has 1 aliphatic heterocycles. The van der Waals surface area contributed by atoms with Crippen molar-refractivity contribution >= 4 is 0 Å². The first kappa shape index (κ1) is 12.4. The molecule has 2 nitrogen and oxygen atoms in total. The van der Waals surface area contributed by atoms with Gasteiger partial charge in [-0.25, -0.2) is 0 Å². The van der Waals surface area contributed by atoms with Crippen molar-refractivity contribution in [1.29, 1.82) is 0 Å². The zero-order chi connectivity index (χ0) is 12.3. The van der Waals surface area contributed by atoms with Crippen molar-refractivity contribution in [2.45, 2.75) is 12.7 Å². The second kappa shape index (κ2) is 5.06. The van der Waals surface area contributed by atoms with Crippen molar-refractivity contribution in [1.82, 2.24) is 10.2 Å². The maximum absolute atomic E-state index is 12.5. The molecule has 1 heterocycles. The quantitative estimate of drug-likeness (QED) is 0.857. The number of halogens is 3. The maximum atomic E-state index is 12.5. The van der Waals surface area contributed by atoms with Crippen LogP contribution in [-0.2, 0) is 12.7 Å². The van der Waals surface area contributed by atoms with Gasteiger partial charge in [-0.05, 0) is 11.6 Å². The second-order valence-corrected chi connectivity index (χ2v) is 4.22. The van der Waals surface area contributed by atoms with E-state index in [1.54, 1.807) is 6.07 Å². The second-order valence-electron chi connectivity index (χ2n) is 4.22. The average molecular weight is 244 g/mol. The highest BCUT2D eigenvalue weighted by Crippen LogP contribution is 2.29. The van der Waals surface area contributed by atoms with Gasteiger partial charge in [-0.1, -0.05) is 18.2 Å². The summed E-state index contributed by atoms with van der Waals surface area (Å²) in [6.45, 7) is 4.16. The number of benzene rings is 1. The van der Waals surface area contributed by atoms with Crippen molar-refractivity contribution in [3.63, 3.8) is 0 Å². The number of alkyl halides is 3. The highest BCUT2D eigenvalue weighted by molar-refractivity contribution is 5.25. The average Bonchev–Trinajstić information content (AvgIpc) is 2.29. The predicted octanol–water partition coefficient (Wildman–Crippen LogP) is 2.11. The first-order valence-corrected chi connectivity index (χ1v) is 5.65. The van der Waals surface area contributed by atoms with E-state index in [9.17, 15) is 13.2 Å². The summed E-state index contributed by atoms with van der Waals surface area (Å²) < 4.78 is 37.6. The normalized spacial score (nSPS) is 18.3. The van der Waals surface area contributed by atoms with E-state index in [1.165, 1.54) is 12.1 Å². The van der Waals surface area contributed by atoms with Crippen LogP contribution in [0.2, 0.25) is 0 Å². The summed E-state index contributed by atoms with van der Waals surface area (Å²) in [5.41, 5.74) is 0.159. The van der Waals surface area contributed by atoms with Crippen molar-refractivity contribution in [3.05, 3.63) is 35.4 Å². The third-order valence-corrected chi connectivity index (χ3v) is 2.87. The van der Waals surface area contributed by atoms with Gasteiger partial charge < -0.3 is 5.32 Å². The van der Waals surface area contributed by atoms with Crippen LogP contribution in [0.15, 0.2) is 24.3 Å². The number of hydrogen-bond donors (Lipinski definition) is 1. The van der Waals surface area contributed by atoms with Gasteiger partial charge in [0.15, 0.2) is 0 Å². The van der Waals surface area contributed by atoms with E-state index in [0.29, 0.717) is 6.54 Å². The number of nitrogens with zero attached hydrogens (tertiary/aromatic N) is 1. The van der Waals surface area contributed by atoms with Crippen LogP contribution in [0.4, 0.5) is 13.2 Å². The number of hydrogen-bond acceptors (Lipinski definition) is 2. The zero-order valence-electron chi connectivity index (χ0n) is 9.43. The fourth-order valence-electron chi connectivity index (χ4n) is 1.97. The molecule has 1 N–H and O–H groups in total. The molecule has 17 heavy (non-hydrogen) atoms. The monoisotopic (exact) mass is 244 g/mol. The Morgan fingerprint density at radius 2 is 1.88 bits per heavy atom. The number of piperazine rings is 1. The van der Waals surface area contributed by atoms with E-state index in [4.69, 9.17) is 0 Å². The van der Waals surface area contributed by atoms with Gasteiger partial charge in [0.05, 0.1) is 5.56 Å². The van der Waals surface area contributed by atoms with Gasteiger partial charge in [0, 0.05) is 32.7 Å². The van der Waals surface area contributed by atoms with Gasteiger partial charge in [-0.15, -0.1) is 0 Å². The molecule has 0 radical (unpaired) electrons. The van der Waals surface area contributed by atoms with Crippen LogP contribution in [0, 0.1) is 0 Å². The van der Waals surface area contributed by atoms with E-state index in [-0.39, 0.29) is 0 Å². The number of rotatable bonds is 2. The van der Waals surface area contributed by atoms with Crippen LogP contribution < -0.4 is 5.32 Å². The Balaban J connectivity index is 2.05. The minimum absolute atomic E-state index is 0.565. The molecule has 0 aromatic heterocycles. The summed E-state index contributed by atoms with van der Waals surface area (Å²) in [4.78, 5) is 2.16. The third kappa shape index (κ3) is 3.44. The molecular weight excluding hydrogens is 229 g/mol. The molecule has 0 unspecified atom stereocenters. The lowest BCUT2D eigenvalue weighted by Gasteiger charge is -2.27. The predicted molar refractivity (Wildman–Crippen MR) is 59.6 cm³/mol. The van der Waals surface area contributed by atoms with E-state index in [2.05, 4.69) is 10.2 Å². The Hall–Kier alpha value is -1.07. The lowest BCUT2D eigenvalue weighted by atomic mass is 10.1. The summed E-state index contributed by atoms with van der Waals surface area (Å²) >= 11 is 0. The molecule has 5 heteroatoms. The van der Waals surface area contributed by atoms with Crippen LogP contribution in [0.1, 0.15) is 11.1 Å². The van der Waals surface area contributed by atoms with E-state index < -0.39 is 11.7 Å². The van der Waals surface area contributed by atoms with Crippen molar-refractivity contribution in [2.24, 2.45) is 0 Å². The molecule has 0 amide bonds. The maximum Gasteiger partial charge on any atom is 0.416 e. The molecule has 1 fully saturated rings. The molecule has 0 atom stereocenters. The van der Waals surface area contributed by atoms with Crippen LogP contribution >= 0.6 is 0 Å². The van der Waals surface area contributed by atoms with Gasteiger partial charge in [-0.2, -0.15) is 13.2 Å². The van der Waals surface area contributed by atoms with Crippen LogP contribution in [0.25, 0.3) is 0 Å². The smallest absolute Gasteiger partial charge is 0.314 e. The minimum Gasteiger partial charge on any atom is -0.314 e. The lowest BCUT2D eigenvalue weighted by molar-refractivity contribution is -0.137. The molecule has 94 valence electrons. The Labute approximate surface area is 98.4 Å². The Bertz CT molecular complexity index is 370. The fraction of sp³-hybridized carbons (Fsp3) is 0.500. The fourth-order valence-corrected chi connectivity index (χ4v) is 1.97. The van der Waals surface area contributed by atoms with Crippen LogP contribution in [0.5, 0.6) is 0 Å². The zero-order valence-corrected chi connectivity index (χ0v) is 9.43. The molecule has 0 saturated carbocycles. The largest absolute Gasteiger partial charge is 0.416 e. The van der Waals surface area contributed by atoms with Gasteiger partial charge in [0.25, 0.3) is 0 Å². The summed E-state index contributed by atoms with van der Waals surface area (Å²) in [6, 6.07) is 5.57. The highest BCUT2D eigenvalue weighted by Gasteiger charge is 2.30. The van der Waals surface area contributed by atoms with E-state index in [1.807, 2.05) is 0 Å². The molecular formula is C12H15F3N2. The topological polar surface area (TPSA) is 15.3 Å².